The minimum Gasteiger partial charge on any atom is -0.493 e. The van der Waals surface area contributed by atoms with E-state index in [1.807, 2.05) is 16.8 Å². The van der Waals surface area contributed by atoms with Crippen molar-refractivity contribution in [3.8, 4) is 11.5 Å². The number of piperidine rings is 1. The van der Waals surface area contributed by atoms with Crippen molar-refractivity contribution in [3.05, 3.63) is 47.3 Å². The lowest BCUT2D eigenvalue weighted by Crippen LogP contribution is -2.56. The number of hydrogen-bond donors (Lipinski definition) is 1. The molecule has 1 N–H and O–H groups in total. The number of rotatable bonds is 8. The second kappa shape index (κ2) is 10.5. The van der Waals surface area contributed by atoms with Gasteiger partial charge in [-0.3, -0.25) is 4.79 Å². The van der Waals surface area contributed by atoms with Crippen molar-refractivity contribution in [2.24, 2.45) is 0 Å². The number of nitrogens with zero attached hydrogens (tertiary/aromatic N) is 3. The number of ether oxygens (including phenoxy) is 3. The van der Waals surface area contributed by atoms with E-state index >= 15 is 8.78 Å². The van der Waals surface area contributed by atoms with E-state index < -0.39 is 30.8 Å². The molecule has 39 heavy (non-hydrogen) atoms. The van der Waals surface area contributed by atoms with E-state index in [1.165, 1.54) is 19.1 Å². The van der Waals surface area contributed by atoms with Crippen LogP contribution in [-0.2, 0) is 28.2 Å². The Morgan fingerprint density at radius 2 is 1.77 bits per heavy atom. The first-order valence-electron chi connectivity index (χ1n) is 13.3. The molecule has 8 nitrogen and oxygen atoms in total. The Balaban J connectivity index is 1.59. The Morgan fingerprint density at radius 1 is 1.10 bits per heavy atom. The molecule has 1 fully saturated rings. The van der Waals surface area contributed by atoms with Gasteiger partial charge in [-0.05, 0) is 49.2 Å². The first-order chi connectivity index (χ1) is 18.6. The second-order valence-electron chi connectivity index (χ2n) is 11.5. The van der Waals surface area contributed by atoms with Gasteiger partial charge in [0.15, 0.2) is 23.1 Å². The summed E-state index contributed by atoms with van der Waals surface area (Å²) < 4.78 is 49.3. The van der Waals surface area contributed by atoms with Crippen LogP contribution >= 0.6 is 0 Å². The molecule has 11 heteroatoms. The molecule has 5 rings (SSSR count). The van der Waals surface area contributed by atoms with Crippen LogP contribution in [0, 0.1) is 11.6 Å². The molecular formula is C28H36F2N4O4Si. The van der Waals surface area contributed by atoms with E-state index in [4.69, 9.17) is 19.2 Å². The van der Waals surface area contributed by atoms with Crippen molar-refractivity contribution >= 4 is 30.7 Å². The van der Waals surface area contributed by atoms with Gasteiger partial charge in [0.1, 0.15) is 18.1 Å². The minimum absolute atomic E-state index is 0.0195. The maximum Gasteiger partial charge on any atom is 0.238 e. The molecule has 210 valence electrons. The van der Waals surface area contributed by atoms with Gasteiger partial charge in [0.2, 0.25) is 5.91 Å². The molecular weight excluding hydrogens is 522 g/mol. The molecule has 4 heterocycles. The zero-order chi connectivity index (χ0) is 27.9. The van der Waals surface area contributed by atoms with E-state index in [2.05, 4.69) is 25.0 Å². The van der Waals surface area contributed by atoms with Gasteiger partial charge in [0, 0.05) is 38.5 Å². The number of aromatic nitrogens is 2. The minimum atomic E-state index is -1.21. The van der Waals surface area contributed by atoms with Crippen LogP contribution in [-0.4, -0.2) is 57.4 Å². The molecule has 0 atom stereocenters. The van der Waals surface area contributed by atoms with Crippen LogP contribution in [0.3, 0.4) is 0 Å². The predicted molar refractivity (Wildman–Crippen MR) is 148 cm³/mol. The quantitative estimate of drug-likeness (QED) is 0.316. The van der Waals surface area contributed by atoms with Crippen molar-refractivity contribution in [1.29, 1.82) is 0 Å². The third-order valence-corrected chi connectivity index (χ3v) is 9.54. The number of benzene rings is 1. The van der Waals surface area contributed by atoms with E-state index in [0.717, 1.165) is 34.3 Å². The van der Waals surface area contributed by atoms with E-state index in [0.29, 0.717) is 39.3 Å². The number of methoxy groups -OCH3 is 2. The van der Waals surface area contributed by atoms with Crippen LogP contribution in [0.5, 0.6) is 11.5 Å². The highest BCUT2D eigenvalue weighted by molar-refractivity contribution is 6.76. The van der Waals surface area contributed by atoms with Crippen LogP contribution in [0.15, 0.2) is 24.5 Å². The largest absolute Gasteiger partial charge is 0.493 e. The average Bonchev–Trinajstić information content (AvgIpc) is 3.32. The second-order valence-corrected chi connectivity index (χ2v) is 17.1. The first kappa shape index (κ1) is 27.5. The number of amides is 1. The van der Waals surface area contributed by atoms with Crippen molar-refractivity contribution in [3.63, 3.8) is 0 Å². The number of halogens is 2. The Kier molecular flexibility index (Phi) is 7.42. The van der Waals surface area contributed by atoms with Crippen molar-refractivity contribution in [1.82, 2.24) is 14.9 Å². The van der Waals surface area contributed by atoms with Crippen LogP contribution in [0.4, 0.5) is 14.5 Å². The number of carbonyl (C=O) groups excluding carboxylic acids is 1. The maximum absolute atomic E-state index is 15.6. The zero-order valence-corrected chi connectivity index (χ0v) is 24.2. The molecule has 0 unspecified atom stereocenters. The fourth-order valence-electron chi connectivity index (χ4n) is 5.73. The Bertz CT molecular complexity index is 1370. The summed E-state index contributed by atoms with van der Waals surface area (Å²) in [7, 11) is 1.38. The molecule has 1 saturated heterocycles. The SMILES string of the molecule is COc1cc(OC)c(F)c(N2Cc3cnc4c(ccn4COCC[Si](C)(C)C)c3C3(CCNCC3)C2=O)c1F. The molecule has 2 aliphatic rings. The molecule has 3 aromatic rings. The third-order valence-electron chi connectivity index (χ3n) is 7.83. The summed E-state index contributed by atoms with van der Waals surface area (Å²) >= 11 is 0. The molecule has 2 aliphatic heterocycles. The number of hydrogen-bond acceptors (Lipinski definition) is 6. The molecule has 1 aromatic carbocycles. The van der Waals surface area contributed by atoms with Gasteiger partial charge >= 0.3 is 0 Å². The fraction of sp³-hybridized carbons (Fsp3) is 0.500. The standard InChI is InChI=1S/C28H36F2N4O4Si/c1-36-20-14-21(37-2)24(30)25(23(20)29)34-16-18-15-32-26-19(6-11-33(26)17-38-12-13-39(3,4)5)22(18)28(27(34)35)7-9-31-10-8-28/h6,11,14-15,31H,7-10,12-13,16-17H2,1-5H3. The predicted octanol–water partition coefficient (Wildman–Crippen LogP) is 4.81. The van der Waals surface area contributed by atoms with E-state index in [9.17, 15) is 4.79 Å². The topological polar surface area (TPSA) is 77.8 Å². The summed E-state index contributed by atoms with van der Waals surface area (Å²) in [5, 5.41) is 4.20. The van der Waals surface area contributed by atoms with Crippen molar-refractivity contribution < 1.29 is 27.8 Å². The average molecular weight is 559 g/mol. The van der Waals surface area contributed by atoms with Gasteiger partial charge in [-0.25, -0.2) is 13.8 Å². The highest BCUT2D eigenvalue weighted by atomic mass is 28.3. The molecule has 0 saturated carbocycles. The monoisotopic (exact) mass is 558 g/mol. The van der Waals surface area contributed by atoms with Crippen molar-refractivity contribution in [2.75, 3.05) is 38.8 Å². The van der Waals surface area contributed by atoms with Gasteiger partial charge in [-0.2, -0.15) is 0 Å². The van der Waals surface area contributed by atoms with Crippen LogP contribution in [0.2, 0.25) is 25.7 Å². The maximum atomic E-state index is 15.6. The Hall–Kier alpha value is -3.02. The molecule has 2 aromatic heterocycles. The Labute approximate surface area is 228 Å². The van der Waals surface area contributed by atoms with Gasteiger partial charge in [-0.15, -0.1) is 0 Å². The summed E-state index contributed by atoms with van der Waals surface area (Å²) in [6.45, 7) is 9.19. The fourth-order valence-corrected chi connectivity index (χ4v) is 6.48. The summed E-state index contributed by atoms with van der Waals surface area (Å²) in [5.41, 5.74) is 0.975. The highest BCUT2D eigenvalue weighted by Gasteiger charge is 2.50. The van der Waals surface area contributed by atoms with Gasteiger partial charge in [0.05, 0.1) is 26.2 Å². The lowest BCUT2D eigenvalue weighted by molar-refractivity contribution is -0.126. The van der Waals surface area contributed by atoms with Crippen LogP contribution < -0.4 is 19.7 Å². The molecule has 0 bridgehead atoms. The molecule has 1 amide bonds. The van der Waals surface area contributed by atoms with Gasteiger partial charge in [0.25, 0.3) is 0 Å². The van der Waals surface area contributed by atoms with E-state index in [-0.39, 0.29) is 24.0 Å². The molecule has 0 aliphatic carbocycles. The van der Waals surface area contributed by atoms with Gasteiger partial charge in [-0.1, -0.05) is 19.6 Å². The molecule has 0 radical (unpaired) electrons. The Morgan fingerprint density at radius 3 is 2.38 bits per heavy atom. The lowest BCUT2D eigenvalue weighted by Gasteiger charge is -2.45. The first-order valence-corrected chi connectivity index (χ1v) is 17.0. The molecule has 1 spiro atoms. The summed E-state index contributed by atoms with van der Waals surface area (Å²) in [6.07, 6.45) is 4.66. The summed E-state index contributed by atoms with van der Waals surface area (Å²) in [4.78, 5) is 20.3. The number of pyridine rings is 1. The van der Waals surface area contributed by atoms with Crippen LogP contribution in [0.1, 0.15) is 24.0 Å². The number of carbonyl (C=O) groups is 1. The smallest absolute Gasteiger partial charge is 0.238 e. The zero-order valence-electron chi connectivity index (χ0n) is 23.2. The van der Waals surface area contributed by atoms with Gasteiger partial charge < -0.3 is 29.0 Å². The summed E-state index contributed by atoms with van der Waals surface area (Å²) in [5.74, 6) is -2.60. The number of anilines is 1. The normalized spacial score (nSPS) is 17.1. The van der Waals surface area contributed by atoms with Crippen molar-refractivity contribution in [2.45, 2.75) is 57.2 Å². The number of fused-ring (bicyclic) bond motifs is 4. The van der Waals surface area contributed by atoms with E-state index in [1.54, 1.807) is 6.20 Å². The third kappa shape index (κ3) is 4.80. The summed E-state index contributed by atoms with van der Waals surface area (Å²) in [6, 6.07) is 4.19. The van der Waals surface area contributed by atoms with Crippen LogP contribution in [0.25, 0.3) is 11.0 Å². The number of nitrogens with one attached hydrogen (secondary N) is 1. The lowest BCUT2D eigenvalue weighted by atomic mass is 9.67. The highest BCUT2D eigenvalue weighted by Crippen LogP contribution is 2.48.